The Balaban J connectivity index is 2.09. The van der Waals surface area contributed by atoms with Crippen molar-refractivity contribution in [2.75, 3.05) is 5.32 Å². The zero-order chi connectivity index (χ0) is 16.1. The summed E-state index contributed by atoms with van der Waals surface area (Å²) in [6, 6.07) is 7.14. The molecule has 0 saturated heterocycles. The number of benzene rings is 1. The quantitative estimate of drug-likeness (QED) is 0.375. The largest absolute Gasteiger partial charge is 0.319 e. The van der Waals surface area contributed by atoms with Crippen LogP contribution in [0.2, 0.25) is 0 Å². The van der Waals surface area contributed by atoms with E-state index in [1.807, 2.05) is 0 Å². The third-order valence-corrected chi connectivity index (χ3v) is 3.66. The maximum Gasteiger partial charge on any atom is 0.292 e. The predicted octanol–water partition coefficient (Wildman–Crippen LogP) is 1.80. The first-order valence-electron chi connectivity index (χ1n) is 6.23. The van der Waals surface area contributed by atoms with Crippen LogP contribution >= 0.6 is 11.8 Å². The molecule has 0 saturated carbocycles. The average Bonchev–Trinajstić information content (AvgIpc) is 2.47. The summed E-state index contributed by atoms with van der Waals surface area (Å²) in [5.41, 5.74) is -0.373. The van der Waals surface area contributed by atoms with Gasteiger partial charge in [-0.1, -0.05) is 23.9 Å². The van der Waals surface area contributed by atoms with E-state index in [1.54, 1.807) is 13.0 Å². The van der Waals surface area contributed by atoms with Crippen LogP contribution in [-0.2, 0) is 4.79 Å². The molecular weight excluding hydrogens is 308 g/mol. The second-order valence-corrected chi connectivity index (χ2v) is 5.59. The maximum absolute atomic E-state index is 12.1. The number of nitrogens with zero attached hydrogens (tertiary/aromatic N) is 2. The Hall–Kier alpha value is -2.68. The van der Waals surface area contributed by atoms with Crippen molar-refractivity contribution < 1.29 is 9.72 Å². The second-order valence-electron chi connectivity index (χ2n) is 4.26. The molecule has 0 aliphatic heterocycles. The highest BCUT2D eigenvalue weighted by atomic mass is 32.2. The SMILES string of the molecule is C[C@@H](Sc1nccc(=O)[nH]1)C(=O)Nc1ccccc1[N+](=O)[O-]. The molecule has 1 amide bonds. The van der Waals surface area contributed by atoms with Gasteiger partial charge in [0.25, 0.3) is 11.2 Å². The first kappa shape index (κ1) is 15.7. The van der Waals surface area contributed by atoms with Crippen LogP contribution in [0.25, 0.3) is 0 Å². The van der Waals surface area contributed by atoms with Crippen molar-refractivity contribution in [2.45, 2.75) is 17.3 Å². The fourth-order valence-electron chi connectivity index (χ4n) is 1.61. The molecule has 0 unspecified atom stereocenters. The van der Waals surface area contributed by atoms with E-state index < -0.39 is 16.1 Å². The molecule has 114 valence electrons. The van der Waals surface area contributed by atoms with Gasteiger partial charge in [-0.3, -0.25) is 19.7 Å². The van der Waals surface area contributed by atoms with E-state index in [-0.39, 0.29) is 16.9 Å². The fraction of sp³-hybridized carbons (Fsp3) is 0.154. The Morgan fingerprint density at radius 3 is 2.82 bits per heavy atom. The number of nitro benzene ring substituents is 1. The highest BCUT2D eigenvalue weighted by molar-refractivity contribution is 8.00. The van der Waals surface area contributed by atoms with Gasteiger partial charge < -0.3 is 10.3 Å². The van der Waals surface area contributed by atoms with Crippen molar-refractivity contribution in [3.8, 4) is 0 Å². The van der Waals surface area contributed by atoms with E-state index in [0.29, 0.717) is 5.16 Å². The third kappa shape index (κ3) is 3.92. The van der Waals surface area contributed by atoms with E-state index in [0.717, 1.165) is 11.8 Å². The molecule has 1 aromatic carbocycles. The maximum atomic E-state index is 12.1. The minimum absolute atomic E-state index is 0.125. The monoisotopic (exact) mass is 320 g/mol. The van der Waals surface area contributed by atoms with E-state index in [9.17, 15) is 19.7 Å². The number of aromatic amines is 1. The number of nitrogens with one attached hydrogen (secondary N) is 2. The lowest BCUT2D eigenvalue weighted by molar-refractivity contribution is -0.383. The van der Waals surface area contributed by atoms with Gasteiger partial charge in [0.2, 0.25) is 5.91 Å². The number of hydrogen-bond acceptors (Lipinski definition) is 6. The molecule has 8 nitrogen and oxygen atoms in total. The predicted molar refractivity (Wildman–Crippen MR) is 81.9 cm³/mol. The van der Waals surface area contributed by atoms with Gasteiger partial charge >= 0.3 is 0 Å². The molecule has 1 heterocycles. The van der Waals surface area contributed by atoms with Crippen LogP contribution in [-0.4, -0.2) is 26.0 Å². The van der Waals surface area contributed by atoms with Gasteiger partial charge in [0.1, 0.15) is 5.69 Å². The van der Waals surface area contributed by atoms with Crippen LogP contribution in [0.3, 0.4) is 0 Å². The zero-order valence-electron chi connectivity index (χ0n) is 11.5. The summed E-state index contributed by atoms with van der Waals surface area (Å²) < 4.78 is 0. The third-order valence-electron chi connectivity index (χ3n) is 2.66. The lowest BCUT2D eigenvalue weighted by atomic mass is 10.2. The Morgan fingerprint density at radius 1 is 1.41 bits per heavy atom. The summed E-state index contributed by atoms with van der Waals surface area (Å²) in [7, 11) is 0. The number of aromatic nitrogens is 2. The van der Waals surface area contributed by atoms with Crippen molar-refractivity contribution in [1.82, 2.24) is 9.97 Å². The number of thioether (sulfide) groups is 1. The van der Waals surface area contributed by atoms with Crippen LogP contribution in [0.15, 0.2) is 46.5 Å². The van der Waals surface area contributed by atoms with E-state index in [1.165, 1.54) is 30.5 Å². The van der Waals surface area contributed by atoms with Crippen LogP contribution < -0.4 is 10.9 Å². The minimum Gasteiger partial charge on any atom is -0.319 e. The number of rotatable bonds is 5. The first-order chi connectivity index (χ1) is 10.5. The van der Waals surface area contributed by atoms with Crippen LogP contribution in [0, 0.1) is 10.1 Å². The molecule has 2 aromatic rings. The first-order valence-corrected chi connectivity index (χ1v) is 7.11. The summed E-state index contributed by atoms with van der Waals surface area (Å²) in [6.07, 6.45) is 1.34. The van der Waals surface area contributed by atoms with Crippen LogP contribution in [0.5, 0.6) is 0 Å². The second kappa shape index (κ2) is 6.85. The average molecular weight is 320 g/mol. The highest BCUT2D eigenvalue weighted by Crippen LogP contribution is 2.25. The van der Waals surface area contributed by atoms with Crippen molar-refractivity contribution in [3.63, 3.8) is 0 Å². The number of hydrogen-bond donors (Lipinski definition) is 2. The number of H-pyrrole nitrogens is 1. The lowest BCUT2D eigenvalue weighted by Gasteiger charge is -2.11. The van der Waals surface area contributed by atoms with Gasteiger partial charge in [-0.2, -0.15) is 0 Å². The number of carbonyl (C=O) groups excluding carboxylic acids is 1. The van der Waals surface area contributed by atoms with Gasteiger partial charge in [-0.05, 0) is 13.0 Å². The van der Waals surface area contributed by atoms with Crippen molar-refractivity contribution in [3.05, 3.63) is 57.0 Å². The fourth-order valence-corrected chi connectivity index (χ4v) is 2.39. The van der Waals surface area contributed by atoms with Gasteiger partial charge in [-0.15, -0.1) is 0 Å². The van der Waals surface area contributed by atoms with Gasteiger partial charge in [0.05, 0.1) is 10.2 Å². The van der Waals surface area contributed by atoms with Gasteiger partial charge in [0.15, 0.2) is 5.16 Å². The number of anilines is 1. The van der Waals surface area contributed by atoms with Crippen LogP contribution in [0.4, 0.5) is 11.4 Å². The summed E-state index contributed by atoms with van der Waals surface area (Å²) in [5.74, 6) is -0.425. The Kier molecular flexibility index (Phi) is 4.89. The van der Waals surface area contributed by atoms with Gasteiger partial charge in [0, 0.05) is 18.3 Å². The highest BCUT2D eigenvalue weighted by Gasteiger charge is 2.20. The molecule has 0 spiro atoms. The Bertz CT molecular complexity index is 761. The Labute approximate surface area is 129 Å². The summed E-state index contributed by atoms with van der Waals surface area (Å²) >= 11 is 1.05. The molecule has 0 radical (unpaired) electrons. The van der Waals surface area contributed by atoms with E-state index in [2.05, 4.69) is 15.3 Å². The molecular formula is C13H12N4O4S. The molecule has 0 aliphatic rings. The minimum atomic E-state index is -0.592. The standard InChI is InChI=1S/C13H12N4O4S/c1-8(22-13-14-7-6-11(18)16-13)12(19)15-9-4-2-3-5-10(9)17(20)21/h2-8H,1H3,(H,15,19)(H,14,16,18)/t8-/m1/s1. The molecule has 0 bridgehead atoms. The van der Waals surface area contributed by atoms with Crippen molar-refractivity contribution in [1.29, 1.82) is 0 Å². The zero-order valence-corrected chi connectivity index (χ0v) is 12.3. The van der Waals surface area contributed by atoms with Crippen LogP contribution in [0.1, 0.15) is 6.92 Å². The molecule has 2 N–H and O–H groups in total. The summed E-state index contributed by atoms with van der Waals surface area (Å²) in [4.78, 5) is 40.0. The molecule has 1 atom stereocenters. The molecule has 2 rings (SSSR count). The molecule has 0 fully saturated rings. The van der Waals surface area contributed by atoms with E-state index >= 15 is 0 Å². The molecule has 9 heteroatoms. The van der Waals surface area contributed by atoms with E-state index in [4.69, 9.17) is 0 Å². The van der Waals surface area contributed by atoms with Crippen molar-refractivity contribution >= 4 is 29.0 Å². The Morgan fingerprint density at radius 2 is 2.14 bits per heavy atom. The number of carbonyl (C=O) groups is 1. The number of para-hydroxylation sites is 2. The van der Waals surface area contributed by atoms with Gasteiger partial charge in [-0.25, -0.2) is 4.98 Å². The topological polar surface area (TPSA) is 118 Å². The lowest BCUT2D eigenvalue weighted by Crippen LogP contribution is -2.23. The summed E-state index contributed by atoms with van der Waals surface area (Å²) in [5, 5.41) is 13.1. The smallest absolute Gasteiger partial charge is 0.292 e. The van der Waals surface area contributed by atoms with Crippen molar-refractivity contribution in [2.24, 2.45) is 0 Å². The number of nitro groups is 1. The number of amides is 1. The molecule has 22 heavy (non-hydrogen) atoms. The molecule has 1 aromatic heterocycles. The molecule has 0 aliphatic carbocycles. The summed E-state index contributed by atoms with van der Waals surface area (Å²) in [6.45, 7) is 1.61. The normalized spacial score (nSPS) is 11.7.